The van der Waals surface area contributed by atoms with E-state index in [2.05, 4.69) is 4.28 Å². The van der Waals surface area contributed by atoms with Crippen molar-refractivity contribution in [3.63, 3.8) is 0 Å². The van der Waals surface area contributed by atoms with E-state index in [9.17, 15) is 13.0 Å². The summed E-state index contributed by atoms with van der Waals surface area (Å²) in [6.45, 7) is 1.85. The van der Waals surface area contributed by atoms with E-state index in [0.717, 1.165) is 6.54 Å². The first kappa shape index (κ1) is 12.6. The van der Waals surface area contributed by atoms with Gasteiger partial charge in [-0.25, -0.2) is 8.42 Å². The molecule has 0 spiro atoms. The Labute approximate surface area is 105 Å². The van der Waals surface area contributed by atoms with Gasteiger partial charge < -0.3 is 4.55 Å². The van der Waals surface area contributed by atoms with Crippen molar-refractivity contribution in [3.8, 4) is 0 Å². The van der Waals surface area contributed by atoms with Crippen molar-refractivity contribution in [2.45, 2.75) is 6.04 Å². The van der Waals surface area contributed by atoms with Crippen LogP contribution in [0, 0.1) is 0 Å². The molecule has 2 rings (SSSR count). The zero-order valence-electron chi connectivity index (χ0n) is 7.79. The Morgan fingerprint density at radius 2 is 2.21 bits per heavy atom. The molecule has 0 aromatic carbocycles. The maximum absolute atomic E-state index is 10.3. The summed E-state index contributed by atoms with van der Waals surface area (Å²) in [5.41, 5.74) is 0. The SMILES string of the molecule is O=S(=O)([O-])ON1CN2CC=CC1C2.[Na+]. The fourth-order valence-corrected chi connectivity index (χ4v) is 1.96. The van der Waals surface area contributed by atoms with Gasteiger partial charge in [-0.3, -0.25) is 4.90 Å². The van der Waals surface area contributed by atoms with Crippen molar-refractivity contribution in [3.05, 3.63) is 12.2 Å². The molecule has 0 N–H and O–H groups in total. The summed E-state index contributed by atoms with van der Waals surface area (Å²) >= 11 is 0. The van der Waals surface area contributed by atoms with Gasteiger partial charge in [-0.1, -0.05) is 12.2 Å². The van der Waals surface area contributed by atoms with E-state index in [1.54, 1.807) is 0 Å². The Kier molecular flexibility index (Phi) is 4.12. The second-order valence-electron chi connectivity index (χ2n) is 3.07. The summed E-state index contributed by atoms with van der Waals surface area (Å²) < 4.78 is 35.2. The molecule has 0 aliphatic carbocycles. The molecule has 2 unspecified atom stereocenters. The van der Waals surface area contributed by atoms with Crippen LogP contribution in [-0.4, -0.2) is 48.7 Å². The summed E-state index contributed by atoms with van der Waals surface area (Å²) in [6.07, 6.45) is 3.77. The summed E-state index contributed by atoms with van der Waals surface area (Å²) in [7, 11) is -4.63. The average Bonchev–Trinajstić information content (AvgIpc) is 2.24. The number of hydrogen-bond acceptors (Lipinski definition) is 6. The van der Waals surface area contributed by atoms with Crippen molar-refractivity contribution in [1.82, 2.24) is 9.96 Å². The van der Waals surface area contributed by atoms with Gasteiger partial charge in [0, 0.05) is 13.1 Å². The van der Waals surface area contributed by atoms with Gasteiger partial charge in [-0.15, -0.1) is 5.06 Å². The molecule has 6 nitrogen and oxygen atoms in total. The second kappa shape index (κ2) is 4.58. The molecule has 2 aliphatic rings. The predicted molar refractivity (Wildman–Crippen MR) is 42.0 cm³/mol. The van der Waals surface area contributed by atoms with Crippen LogP contribution >= 0.6 is 0 Å². The van der Waals surface area contributed by atoms with Crippen LogP contribution in [-0.2, 0) is 14.7 Å². The maximum Gasteiger partial charge on any atom is 1.00 e. The van der Waals surface area contributed by atoms with Crippen LogP contribution in [0.4, 0.5) is 0 Å². The van der Waals surface area contributed by atoms with E-state index in [4.69, 9.17) is 0 Å². The monoisotopic (exact) mass is 228 g/mol. The first-order valence-electron chi connectivity index (χ1n) is 3.86. The van der Waals surface area contributed by atoms with Crippen LogP contribution in [0.2, 0.25) is 0 Å². The fraction of sp³-hybridized carbons (Fsp3) is 0.667. The van der Waals surface area contributed by atoms with Gasteiger partial charge in [0.2, 0.25) is 10.4 Å². The van der Waals surface area contributed by atoms with Crippen molar-refractivity contribution >= 4 is 10.4 Å². The van der Waals surface area contributed by atoms with Crippen molar-refractivity contribution in [2.75, 3.05) is 19.8 Å². The molecule has 0 amide bonds. The molecule has 74 valence electrons. The quantitative estimate of drug-likeness (QED) is 0.207. The normalized spacial score (nSPS) is 31.5. The standard InChI is InChI=1S/C6H10N2O4S.Na/c9-13(10,11)12-8-5-7-3-1-2-6(8)4-7;/h1-2,6H,3-5H2,(H,9,10,11);/q;+1/p-1. The molecule has 0 saturated carbocycles. The molecule has 2 bridgehead atoms. The number of fused-ring (bicyclic) bond motifs is 2. The van der Waals surface area contributed by atoms with Crippen LogP contribution in [0.3, 0.4) is 0 Å². The zero-order chi connectivity index (χ0) is 9.47. The maximum atomic E-state index is 10.3. The van der Waals surface area contributed by atoms with E-state index >= 15 is 0 Å². The van der Waals surface area contributed by atoms with E-state index < -0.39 is 10.4 Å². The molecule has 2 atom stereocenters. The number of nitrogens with zero attached hydrogens (tertiary/aromatic N) is 2. The summed E-state index contributed by atoms with van der Waals surface area (Å²) in [4.78, 5) is 1.98. The number of rotatable bonds is 2. The topological polar surface area (TPSA) is 72.9 Å². The Hall–Kier alpha value is 0.530. The largest absolute Gasteiger partial charge is 1.00 e. The third kappa shape index (κ3) is 3.01. The molecular formula is C6H9N2NaO4S. The summed E-state index contributed by atoms with van der Waals surface area (Å²) in [6, 6.07) is -0.113. The van der Waals surface area contributed by atoms with Gasteiger partial charge in [-0.2, -0.15) is 4.28 Å². The van der Waals surface area contributed by atoms with Gasteiger partial charge >= 0.3 is 29.6 Å². The van der Waals surface area contributed by atoms with Gasteiger partial charge in [0.15, 0.2) is 0 Å². The second-order valence-corrected chi connectivity index (χ2v) is 4.04. The molecule has 0 aromatic heterocycles. The first-order chi connectivity index (χ1) is 6.04. The molecule has 14 heavy (non-hydrogen) atoms. The average molecular weight is 228 g/mol. The summed E-state index contributed by atoms with van der Waals surface area (Å²) in [5.74, 6) is 0. The van der Waals surface area contributed by atoms with E-state index in [0.29, 0.717) is 13.2 Å². The van der Waals surface area contributed by atoms with Crippen molar-refractivity contribution in [2.24, 2.45) is 0 Å². The van der Waals surface area contributed by atoms with E-state index in [-0.39, 0.29) is 35.6 Å². The zero-order valence-corrected chi connectivity index (χ0v) is 10.6. The molecule has 0 radical (unpaired) electrons. The van der Waals surface area contributed by atoms with Gasteiger partial charge in [-0.05, 0) is 0 Å². The van der Waals surface area contributed by atoms with Crippen LogP contribution in [0.5, 0.6) is 0 Å². The van der Waals surface area contributed by atoms with Gasteiger partial charge in [0.05, 0.1) is 12.7 Å². The third-order valence-electron chi connectivity index (χ3n) is 2.06. The van der Waals surface area contributed by atoms with E-state index in [1.165, 1.54) is 5.06 Å². The predicted octanol–water partition coefficient (Wildman–Crippen LogP) is -4.10. The van der Waals surface area contributed by atoms with E-state index in [1.807, 2.05) is 17.1 Å². The molecule has 0 aromatic rings. The first-order valence-corrected chi connectivity index (χ1v) is 5.19. The number of hydrogen-bond donors (Lipinski definition) is 0. The molecular weight excluding hydrogens is 219 g/mol. The molecule has 2 heterocycles. The minimum Gasteiger partial charge on any atom is -0.724 e. The Morgan fingerprint density at radius 3 is 2.79 bits per heavy atom. The molecule has 8 heteroatoms. The molecule has 1 fully saturated rings. The number of hydroxylamine groups is 2. The van der Waals surface area contributed by atoms with Crippen molar-refractivity contribution in [1.29, 1.82) is 0 Å². The van der Waals surface area contributed by atoms with Crippen LogP contribution in [0.25, 0.3) is 0 Å². The Bertz CT molecular complexity index is 331. The Balaban J connectivity index is 0.000000980. The summed E-state index contributed by atoms with van der Waals surface area (Å²) in [5, 5.41) is 1.19. The minimum atomic E-state index is -4.63. The van der Waals surface area contributed by atoms with Gasteiger partial charge in [0.25, 0.3) is 0 Å². The van der Waals surface area contributed by atoms with Crippen LogP contribution < -0.4 is 29.6 Å². The minimum absolute atomic E-state index is 0. The smallest absolute Gasteiger partial charge is 0.724 e. The van der Waals surface area contributed by atoms with Gasteiger partial charge in [0.1, 0.15) is 0 Å². The molecule has 1 saturated heterocycles. The third-order valence-corrected chi connectivity index (χ3v) is 2.44. The van der Waals surface area contributed by atoms with Crippen molar-refractivity contribution < 1.29 is 46.8 Å². The Morgan fingerprint density at radius 1 is 1.50 bits per heavy atom. The molecule has 2 aliphatic heterocycles. The van der Waals surface area contributed by atoms with Crippen LogP contribution in [0.1, 0.15) is 0 Å². The van der Waals surface area contributed by atoms with Crippen LogP contribution in [0.15, 0.2) is 12.2 Å². The fourth-order valence-electron chi connectivity index (χ4n) is 1.57.